The molecule has 2 fully saturated rings. The monoisotopic (exact) mass is 304 g/mol. The van der Waals surface area contributed by atoms with Crippen LogP contribution in [-0.2, 0) is 0 Å². The molecule has 0 aliphatic heterocycles. The molecular formula is C17H21ClN2O. The normalized spacial score (nSPS) is 27.2. The number of halogens is 1. The van der Waals surface area contributed by atoms with Crippen molar-refractivity contribution >= 4 is 23.2 Å². The summed E-state index contributed by atoms with van der Waals surface area (Å²) in [7, 11) is 0. The molecule has 0 heterocycles. The molecule has 1 N–H and O–H groups in total. The summed E-state index contributed by atoms with van der Waals surface area (Å²) in [4.78, 5) is 12.1. The number of fused-ring (bicyclic) bond motifs is 1. The summed E-state index contributed by atoms with van der Waals surface area (Å²) in [5, 5.41) is 4.81. The average molecular weight is 305 g/mol. The number of rotatable bonds is 2. The van der Waals surface area contributed by atoms with Crippen molar-refractivity contribution in [1.29, 1.82) is 0 Å². The van der Waals surface area contributed by atoms with E-state index < -0.39 is 0 Å². The van der Waals surface area contributed by atoms with Gasteiger partial charge < -0.3 is 0 Å². The molecule has 0 saturated heterocycles. The smallest absolute Gasteiger partial charge is 0.267 e. The van der Waals surface area contributed by atoms with Crippen LogP contribution >= 0.6 is 11.6 Å². The molecule has 0 bridgehead atoms. The maximum atomic E-state index is 12.1. The fourth-order valence-electron chi connectivity index (χ4n) is 3.63. The summed E-state index contributed by atoms with van der Waals surface area (Å²) in [6.07, 6.45) is 8.73. The van der Waals surface area contributed by atoms with Crippen molar-refractivity contribution in [3.8, 4) is 0 Å². The first kappa shape index (κ1) is 14.6. The minimum Gasteiger partial charge on any atom is -0.267 e. The van der Waals surface area contributed by atoms with Gasteiger partial charge in [-0.1, -0.05) is 43.0 Å². The van der Waals surface area contributed by atoms with E-state index in [1.807, 2.05) is 6.07 Å². The zero-order valence-electron chi connectivity index (χ0n) is 12.1. The molecule has 2 saturated carbocycles. The minimum absolute atomic E-state index is 0.223. The molecule has 3 rings (SSSR count). The van der Waals surface area contributed by atoms with E-state index in [1.54, 1.807) is 18.2 Å². The first-order valence-electron chi connectivity index (χ1n) is 7.84. The third-order valence-electron chi connectivity index (χ3n) is 4.80. The SMILES string of the molecule is O=C(N/N=C1/CC[C@@H]2CCCC[C@H]2C1)c1ccccc1Cl. The molecule has 0 aromatic heterocycles. The Bertz CT molecular complexity index is 555. The maximum absolute atomic E-state index is 12.1. The van der Waals surface area contributed by atoms with Gasteiger partial charge in [-0.25, -0.2) is 5.43 Å². The fraction of sp³-hybridized carbons (Fsp3) is 0.529. The van der Waals surface area contributed by atoms with E-state index >= 15 is 0 Å². The Kier molecular flexibility index (Phi) is 4.59. The Balaban J connectivity index is 1.61. The van der Waals surface area contributed by atoms with E-state index in [9.17, 15) is 4.79 Å². The standard InChI is InChI=1S/C17H21ClN2O/c18-16-8-4-3-7-15(16)17(21)20-19-14-10-9-12-5-1-2-6-13(12)11-14/h3-4,7-8,12-13H,1-2,5-6,9-11H2,(H,20,21)/b19-14-/t12-,13-/m0/s1. The number of benzene rings is 1. The van der Waals surface area contributed by atoms with E-state index in [4.69, 9.17) is 11.6 Å². The van der Waals surface area contributed by atoms with E-state index in [0.29, 0.717) is 10.6 Å². The Morgan fingerprint density at radius 2 is 1.90 bits per heavy atom. The average Bonchev–Trinajstić information content (AvgIpc) is 2.53. The van der Waals surface area contributed by atoms with Gasteiger partial charge in [-0.05, 0) is 49.7 Å². The highest BCUT2D eigenvalue weighted by Crippen LogP contribution is 2.39. The molecule has 4 heteroatoms. The van der Waals surface area contributed by atoms with Crippen LogP contribution < -0.4 is 5.43 Å². The predicted molar refractivity (Wildman–Crippen MR) is 85.7 cm³/mol. The highest BCUT2D eigenvalue weighted by atomic mass is 35.5. The van der Waals surface area contributed by atoms with E-state index in [0.717, 1.165) is 30.4 Å². The molecule has 2 aliphatic rings. The van der Waals surface area contributed by atoms with E-state index in [-0.39, 0.29) is 5.91 Å². The molecule has 1 aromatic rings. The summed E-state index contributed by atoms with van der Waals surface area (Å²) in [6.45, 7) is 0. The second kappa shape index (κ2) is 6.61. The van der Waals surface area contributed by atoms with Gasteiger partial charge >= 0.3 is 0 Å². The van der Waals surface area contributed by atoms with E-state index in [2.05, 4.69) is 10.5 Å². The Labute approximate surface area is 130 Å². The predicted octanol–water partition coefficient (Wildman–Crippen LogP) is 4.42. The number of carbonyl (C=O) groups excluding carboxylic acids is 1. The maximum Gasteiger partial charge on any atom is 0.272 e. The number of amides is 1. The van der Waals surface area contributed by atoms with Gasteiger partial charge in [-0.2, -0.15) is 5.10 Å². The summed E-state index contributed by atoms with van der Waals surface area (Å²) < 4.78 is 0. The summed E-state index contributed by atoms with van der Waals surface area (Å²) in [5.74, 6) is 1.44. The van der Waals surface area contributed by atoms with Gasteiger partial charge in [0.05, 0.1) is 10.6 Å². The lowest BCUT2D eigenvalue weighted by Crippen LogP contribution is -2.29. The second-order valence-electron chi connectivity index (χ2n) is 6.15. The van der Waals surface area contributed by atoms with Crippen LogP contribution in [0.4, 0.5) is 0 Å². The molecule has 21 heavy (non-hydrogen) atoms. The topological polar surface area (TPSA) is 41.5 Å². The number of hydrogen-bond acceptors (Lipinski definition) is 2. The van der Waals surface area contributed by atoms with Crippen LogP contribution in [0.2, 0.25) is 5.02 Å². The largest absolute Gasteiger partial charge is 0.272 e. The molecule has 3 nitrogen and oxygen atoms in total. The van der Waals surface area contributed by atoms with Crippen LogP contribution in [-0.4, -0.2) is 11.6 Å². The molecule has 1 amide bonds. The lowest BCUT2D eigenvalue weighted by molar-refractivity contribution is 0.0954. The molecule has 0 spiro atoms. The van der Waals surface area contributed by atoms with Crippen molar-refractivity contribution < 1.29 is 4.79 Å². The highest BCUT2D eigenvalue weighted by molar-refractivity contribution is 6.33. The number of nitrogens with one attached hydrogen (secondary N) is 1. The molecule has 112 valence electrons. The summed E-state index contributed by atoms with van der Waals surface area (Å²) >= 11 is 6.02. The van der Waals surface area contributed by atoms with Gasteiger partial charge in [-0.3, -0.25) is 4.79 Å². The summed E-state index contributed by atoms with van der Waals surface area (Å²) in [5.41, 5.74) is 4.29. The minimum atomic E-state index is -0.223. The van der Waals surface area contributed by atoms with Crippen molar-refractivity contribution in [2.75, 3.05) is 0 Å². The lowest BCUT2D eigenvalue weighted by Gasteiger charge is -2.35. The summed E-state index contributed by atoms with van der Waals surface area (Å²) in [6, 6.07) is 7.06. The van der Waals surface area contributed by atoms with Crippen LogP contribution in [0.15, 0.2) is 29.4 Å². The third kappa shape index (κ3) is 3.46. The molecule has 0 radical (unpaired) electrons. The molecule has 2 atom stereocenters. The fourth-order valence-corrected chi connectivity index (χ4v) is 3.85. The van der Waals surface area contributed by atoms with Crippen LogP contribution in [0, 0.1) is 11.8 Å². The number of hydrogen-bond donors (Lipinski definition) is 1. The van der Waals surface area contributed by atoms with Crippen molar-refractivity contribution in [3.05, 3.63) is 34.9 Å². The Hall–Kier alpha value is -1.35. The van der Waals surface area contributed by atoms with Crippen LogP contribution in [0.25, 0.3) is 0 Å². The molecule has 1 aromatic carbocycles. The van der Waals surface area contributed by atoms with Gasteiger partial charge in [-0.15, -0.1) is 0 Å². The lowest BCUT2D eigenvalue weighted by atomic mass is 9.70. The van der Waals surface area contributed by atoms with E-state index in [1.165, 1.54) is 32.1 Å². The first-order valence-corrected chi connectivity index (χ1v) is 8.22. The van der Waals surface area contributed by atoms with Gasteiger partial charge in [0.1, 0.15) is 0 Å². The number of carbonyl (C=O) groups is 1. The first-order chi connectivity index (χ1) is 10.2. The van der Waals surface area contributed by atoms with Crippen molar-refractivity contribution in [2.45, 2.75) is 44.9 Å². The van der Waals surface area contributed by atoms with Gasteiger partial charge in [0, 0.05) is 5.71 Å². The van der Waals surface area contributed by atoms with Crippen LogP contribution in [0.3, 0.4) is 0 Å². The van der Waals surface area contributed by atoms with Crippen LogP contribution in [0.5, 0.6) is 0 Å². The zero-order chi connectivity index (χ0) is 14.7. The molecule has 0 unspecified atom stereocenters. The zero-order valence-corrected chi connectivity index (χ0v) is 12.9. The van der Waals surface area contributed by atoms with Gasteiger partial charge in [0.15, 0.2) is 0 Å². The number of nitrogens with zero attached hydrogens (tertiary/aromatic N) is 1. The highest BCUT2D eigenvalue weighted by Gasteiger charge is 2.30. The van der Waals surface area contributed by atoms with Crippen molar-refractivity contribution in [3.63, 3.8) is 0 Å². The van der Waals surface area contributed by atoms with Gasteiger partial charge in [0.2, 0.25) is 0 Å². The molecular weight excluding hydrogens is 284 g/mol. The molecule has 2 aliphatic carbocycles. The third-order valence-corrected chi connectivity index (χ3v) is 5.13. The number of hydrazone groups is 1. The van der Waals surface area contributed by atoms with Gasteiger partial charge in [0.25, 0.3) is 5.91 Å². The Morgan fingerprint density at radius 3 is 2.71 bits per heavy atom. The second-order valence-corrected chi connectivity index (χ2v) is 6.55. The Morgan fingerprint density at radius 1 is 1.14 bits per heavy atom. The quantitative estimate of drug-likeness (QED) is 0.808. The van der Waals surface area contributed by atoms with Crippen LogP contribution in [0.1, 0.15) is 55.3 Å². The van der Waals surface area contributed by atoms with Crippen molar-refractivity contribution in [2.24, 2.45) is 16.9 Å². The van der Waals surface area contributed by atoms with Crippen molar-refractivity contribution in [1.82, 2.24) is 5.43 Å².